The number of hydrogen-bond acceptors (Lipinski definition) is 10. The Hall–Kier alpha value is -1.99. The molecule has 0 fully saturated rings. The summed E-state index contributed by atoms with van der Waals surface area (Å²) in [4.78, 5) is 38.7. The van der Waals surface area contributed by atoms with Crippen molar-refractivity contribution in [1.82, 2.24) is 15.5 Å². The summed E-state index contributed by atoms with van der Waals surface area (Å²) in [6.07, 6.45) is 36.6. The third-order valence-corrected chi connectivity index (χ3v) is 12.1. The lowest BCUT2D eigenvalue weighted by atomic mass is 10.0. The van der Waals surface area contributed by atoms with Gasteiger partial charge in [0.25, 0.3) is 0 Å². The van der Waals surface area contributed by atoms with E-state index >= 15 is 0 Å². The summed E-state index contributed by atoms with van der Waals surface area (Å²) in [7, 11) is 1.57. The minimum absolute atomic E-state index is 0.0225. The molecule has 65 heavy (non-hydrogen) atoms. The van der Waals surface area contributed by atoms with Crippen LogP contribution in [0.25, 0.3) is 0 Å². The van der Waals surface area contributed by atoms with Gasteiger partial charge in [0, 0.05) is 33.0 Å². The number of amides is 2. The Morgan fingerprint density at radius 2 is 0.923 bits per heavy atom. The van der Waals surface area contributed by atoms with E-state index in [1.807, 2.05) is 0 Å². The van der Waals surface area contributed by atoms with Crippen molar-refractivity contribution < 1.29 is 43.2 Å². The molecule has 0 aromatic carbocycles. The molecule has 0 aromatic heterocycles. The molecule has 0 aliphatic heterocycles. The van der Waals surface area contributed by atoms with Gasteiger partial charge in [-0.2, -0.15) is 0 Å². The summed E-state index contributed by atoms with van der Waals surface area (Å²) in [6.45, 7) is 12.3. The number of urea groups is 1. The van der Waals surface area contributed by atoms with Crippen LogP contribution in [0.15, 0.2) is 0 Å². The zero-order valence-corrected chi connectivity index (χ0v) is 42.9. The van der Waals surface area contributed by atoms with Gasteiger partial charge in [-0.3, -0.25) is 9.59 Å². The number of nitrogens with zero attached hydrogens (tertiary/aromatic N) is 1. The number of aliphatic hydroxyl groups is 1. The van der Waals surface area contributed by atoms with Crippen molar-refractivity contribution in [1.29, 1.82) is 0 Å². The molecule has 1 atom stereocenters. The third-order valence-electron chi connectivity index (χ3n) is 12.1. The number of rotatable bonds is 52. The monoisotopic (exact) mass is 928 g/mol. The first-order valence-electron chi connectivity index (χ1n) is 27.3. The number of unbranched alkanes of at least 4 members (excludes halogenated alkanes) is 24. The minimum atomic E-state index is -0.612. The number of carbonyl (C=O) groups excluding carboxylic acids is 3. The molecule has 0 saturated carbocycles. The Labute approximate surface area is 399 Å². The largest absolute Gasteiger partial charge is 0.466 e. The Morgan fingerprint density at radius 3 is 1.46 bits per heavy atom. The summed E-state index contributed by atoms with van der Waals surface area (Å²) < 4.78 is 28.3. The van der Waals surface area contributed by atoms with E-state index in [0.29, 0.717) is 65.6 Å². The van der Waals surface area contributed by atoms with Crippen molar-refractivity contribution in [2.24, 2.45) is 0 Å². The second kappa shape index (κ2) is 51.4. The highest BCUT2D eigenvalue weighted by Crippen LogP contribution is 2.19. The lowest BCUT2D eigenvalue weighted by molar-refractivity contribution is -0.150. The van der Waals surface area contributed by atoms with Gasteiger partial charge in [0.2, 0.25) is 0 Å². The minimum Gasteiger partial charge on any atom is -0.466 e. The quantitative estimate of drug-likeness (QED) is 0.0398. The number of nitrogens with one attached hydrogen (secondary N) is 2. The van der Waals surface area contributed by atoms with Gasteiger partial charge >= 0.3 is 18.0 Å². The maximum absolute atomic E-state index is 12.9. The fraction of sp³-hybridized carbons (Fsp3) is 0.943. The van der Waals surface area contributed by atoms with Crippen LogP contribution in [0.2, 0.25) is 0 Å². The van der Waals surface area contributed by atoms with Crippen LogP contribution in [0.1, 0.15) is 233 Å². The van der Waals surface area contributed by atoms with E-state index in [4.69, 9.17) is 23.7 Å². The second-order valence-corrected chi connectivity index (χ2v) is 18.4. The smallest absolute Gasteiger partial charge is 0.314 e. The normalized spacial score (nSPS) is 12.0. The van der Waals surface area contributed by atoms with E-state index in [9.17, 15) is 19.5 Å². The molecular weight excluding hydrogens is 823 g/mol. The SMILES string of the molecule is CCCCCCCCCCCOC(=O)CCCCCN(CCCCCCCC(=O)OC(CCCCCCCC)CCCCCCCC)CC(O)COCCOCCOCCNC(=O)NC. The second-order valence-electron chi connectivity index (χ2n) is 18.4. The van der Waals surface area contributed by atoms with Gasteiger partial charge in [-0.25, -0.2) is 4.79 Å². The standard InChI is InChI=1S/C53H105N3O9/c1-5-8-11-14-17-18-19-25-33-41-64-51(58)36-30-26-32-40-56(47-49(57)48-63-46-45-62-44-43-61-42-38-55-53(60)54-4)39-31-24-20-23-29-37-52(59)65-50(34-27-21-15-12-9-6-2)35-28-22-16-13-10-7-3/h49-50,57H,5-48H2,1-4H3,(H2,54,55,60). The number of carbonyl (C=O) groups is 3. The van der Waals surface area contributed by atoms with Crippen LogP contribution in [-0.4, -0.2) is 120 Å². The number of ether oxygens (including phenoxy) is 5. The first-order chi connectivity index (χ1) is 31.9. The maximum atomic E-state index is 12.9. The van der Waals surface area contributed by atoms with Crippen LogP contribution in [0.3, 0.4) is 0 Å². The van der Waals surface area contributed by atoms with Gasteiger partial charge in [-0.1, -0.05) is 162 Å². The molecule has 0 saturated heterocycles. The van der Waals surface area contributed by atoms with Crippen molar-refractivity contribution >= 4 is 18.0 Å². The van der Waals surface area contributed by atoms with Gasteiger partial charge in [-0.15, -0.1) is 0 Å². The fourth-order valence-corrected chi connectivity index (χ4v) is 8.03. The Bertz CT molecular complexity index is 1010. The van der Waals surface area contributed by atoms with E-state index in [0.717, 1.165) is 103 Å². The highest BCUT2D eigenvalue weighted by atomic mass is 16.6. The average molecular weight is 928 g/mol. The van der Waals surface area contributed by atoms with Crippen LogP contribution in [0.4, 0.5) is 4.79 Å². The average Bonchev–Trinajstić information content (AvgIpc) is 3.30. The van der Waals surface area contributed by atoms with Crippen molar-refractivity contribution in [3.63, 3.8) is 0 Å². The van der Waals surface area contributed by atoms with E-state index in [-0.39, 0.29) is 30.7 Å². The lowest BCUT2D eigenvalue weighted by Crippen LogP contribution is -2.36. The van der Waals surface area contributed by atoms with Crippen LogP contribution in [0, 0.1) is 0 Å². The van der Waals surface area contributed by atoms with E-state index in [2.05, 4.69) is 36.3 Å². The summed E-state index contributed by atoms with van der Waals surface area (Å²) in [5, 5.41) is 16.0. The van der Waals surface area contributed by atoms with Crippen molar-refractivity contribution in [2.45, 2.75) is 245 Å². The maximum Gasteiger partial charge on any atom is 0.314 e. The highest BCUT2D eigenvalue weighted by molar-refractivity contribution is 5.73. The molecule has 0 aromatic rings. The molecule has 0 spiro atoms. The Morgan fingerprint density at radius 1 is 0.492 bits per heavy atom. The number of aliphatic hydroxyl groups excluding tert-OH is 1. The van der Waals surface area contributed by atoms with E-state index in [1.165, 1.54) is 109 Å². The highest BCUT2D eigenvalue weighted by Gasteiger charge is 2.15. The van der Waals surface area contributed by atoms with Gasteiger partial charge in [0.15, 0.2) is 0 Å². The van der Waals surface area contributed by atoms with Crippen molar-refractivity contribution in [3.8, 4) is 0 Å². The summed E-state index contributed by atoms with van der Waals surface area (Å²) >= 11 is 0. The molecule has 12 heteroatoms. The predicted molar refractivity (Wildman–Crippen MR) is 268 cm³/mol. The Balaban J connectivity index is 4.59. The topological polar surface area (TPSA) is 145 Å². The molecule has 386 valence electrons. The molecule has 0 bridgehead atoms. The molecule has 2 amide bonds. The summed E-state index contributed by atoms with van der Waals surface area (Å²) in [5.74, 6) is -0.110. The molecule has 0 radical (unpaired) electrons. The van der Waals surface area contributed by atoms with Crippen LogP contribution in [-0.2, 0) is 33.3 Å². The van der Waals surface area contributed by atoms with Crippen LogP contribution in [0.5, 0.6) is 0 Å². The van der Waals surface area contributed by atoms with E-state index in [1.54, 1.807) is 7.05 Å². The first kappa shape index (κ1) is 63.0. The molecular formula is C53H105N3O9. The molecule has 3 N–H and O–H groups in total. The summed E-state index contributed by atoms with van der Waals surface area (Å²) in [6, 6.07) is -0.233. The fourth-order valence-electron chi connectivity index (χ4n) is 8.03. The van der Waals surface area contributed by atoms with Gasteiger partial charge in [0.05, 0.1) is 52.4 Å². The van der Waals surface area contributed by atoms with Crippen LogP contribution < -0.4 is 10.6 Å². The number of hydrogen-bond donors (Lipinski definition) is 3. The first-order valence-corrected chi connectivity index (χ1v) is 27.3. The Kier molecular flexibility index (Phi) is 49.8. The molecule has 12 nitrogen and oxygen atoms in total. The lowest BCUT2D eigenvalue weighted by Gasteiger charge is -2.25. The molecule has 0 aliphatic rings. The molecule has 0 aliphatic carbocycles. The van der Waals surface area contributed by atoms with Gasteiger partial charge in [-0.05, 0) is 70.9 Å². The van der Waals surface area contributed by atoms with E-state index < -0.39 is 6.10 Å². The van der Waals surface area contributed by atoms with Gasteiger partial charge in [0.1, 0.15) is 6.10 Å². The molecule has 0 rings (SSSR count). The number of esters is 2. The van der Waals surface area contributed by atoms with Gasteiger partial charge < -0.3 is 44.3 Å². The molecule has 1 unspecified atom stereocenters. The van der Waals surface area contributed by atoms with Crippen molar-refractivity contribution in [2.75, 3.05) is 79.5 Å². The summed E-state index contributed by atoms with van der Waals surface area (Å²) in [5.41, 5.74) is 0. The third kappa shape index (κ3) is 48.3. The zero-order valence-electron chi connectivity index (χ0n) is 42.9. The molecule has 0 heterocycles. The zero-order chi connectivity index (χ0) is 47.5. The van der Waals surface area contributed by atoms with Crippen LogP contribution >= 0.6 is 0 Å². The van der Waals surface area contributed by atoms with Crippen molar-refractivity contribution in [3.05, 3.63) is 0 Å². The predicted octanol–water partition coefficient (Wildman–Crippen LogP) is 12.0.